The van der Waals surface area contributed by atoms with Crippen LogP contribution in [0.1, 0.15) is 17.7 Å². The molecule has 0 bridgehead atoms. The van der Waals surface area contributed by atoms with Crippen molar-refractivity contribution in [2.75, 3.05) is 7.11 Å². The molecule has 0 atom stereocenters. The molecule has 0 amide bonds. The minimum Gasteiger partial charge on any atom is -0.378 e. The number of ether oxygens (including phenoxy) is 1. The van der Waals surface area contributed by atoms with Crippen LogP contribution >= 0.6 is 0 Å². The molecule has 0 N–H and O–H groups in total. The Morgan fingerprint density at radius 1 is 1.41 bits per heavy atom. The molecular weight excluding hydrogens is 226 g/mol. The van der Waals surface area contributed by atoms with Crippen LogP contribution in [-0.2, 0) is 11.3 Å². The van der Waals surface area contributed by atoms with Crippen molar-refractivity contribution in [3.05, 3.63) is 47.8 Å². The zero-order chi connectivity index (χ0) is 12.3. The molecule has 0 aliphatic heterocycles. The van der Waals surface area contributed by atoms with E-state index < -0.39 is 6.43 Å². The van der Waals surface area contributed by atoms with E-state index in [1.165, 1.54) is 24.1 Å². The van der Waals surface area contributed by atoms with Gasteiger partial charge in [-0.05, 0) is 6.07 Å². The van der Waals surface area contributed by atoms with E-state index in [2.05, 4.69) is 11.2 Å². The first-order valence-electron chi connectivity index (χ1n) is 5.05. The van der Waals surface area contributed by atoms with E-state index in [0.29, 0.717) is 11.4 Å². The number of halogens is 2. The number of alkyl halides is 2. The summed E-state index contributed by atoms with van der Waals surface area (Å²) in [6.07, 6.45) is -1.10. The zero-order valence-electron chi connectivity index (χ0n) is 9.23. The maximum atomic E-state index is 12.9. The summed E-state index contributed by atoms with van der Waals surface area (Å²) >= 11 is 0. The van der Waals surface area contributed by atoms with E-state index in [1.807, 2.05) is 0 Å². The largest absolute Gasteiger partial charge is 0.378 e. The molecule has 1 aromatic heterocycles. The Kier molecular flexibility index (Phi) is 3.49. The van der Waals surface area contributed by atoms with E-state index in [9.17, 15) is 8.78 Å². The highest BCUT2D eigenvalue weighted by Crippen LogP contribution is 2.26. The van der Waals surface area contributed by atoms with E-state index in [0.717, 1.165) is 0 Å². The van der Waals surface area contributed by atoms with Crippen LogP contribution in [0.25, 0.3) is 5.69 Å². The second kappa shape index (κ2) is 5.05. The highest BCUT2D eigenvalue weighted by atomic mass is 19.3. The quantitative estimate of drug-likeness (QED) is 0.817. The summed E-state index contributed by atoms with van der Waals surface area (Å²) < 4.78 is 32.1. The fourth-order valence-corrected chi connectivity index (χ4v) is 1.60. The Morgan fingerprint density at radius 2 is 2.18 bits per heavy atom. The van der Waals surface area contributed by atoms with Gasteiger partial charge in [0.25, 0.3) is 6.43 Å². The van der Waals surface area contributed by atoms with Gasteiger partial charge < -0.3 is 4.74 Å². The van der Waals surface area contributed by atoms with Crippen molar-refractivity contribution < 1.29 is 13.5 Å². The number of hydrogen-bond donors (Lipinski definition) is 0. The van der Waals surface area contributed by atoms with Crippen LogP contribution in [0.15, 0.2) is 30.5 Å². The van der Waals surface area contributed by atoms with Crippen LogP contribution in [0.4, 0.5) is 8.78 Å². The number of aromatic nitrogens is 2. The smallest absolute Gasteiger partial charge is 0.265 e. The number of hydrogen-bond acceptors (Lipinski definition) is 2. The first-order valence-corrected chi connectivity index (χ1v) is 5.05. The molecule has 3 nitrogen and oxygen atoms in total. The van der Waals surface area contributed by atoms with E-state index in [-0.39, 0.29) is 12.2 Å². The second-order valence-electron chi connectivity index (χ2n) is 3.44. The van der Waals surface area contributed by atoms with Crippen molar-refractivity contribution in [2.24, 2.45) is 0 Å². The van der Waals surface area contributed by atoms with Crippen LogP contribution < -0.4 is 0 Å². The van der Waals surface area contributed by atoms with Gasteiger partial charge in [-0.2, -0.15) is 5.10 Å². The lowest BCUT2D eigenvalue weighted by atomic mass is 10.2. The Balaban J connectivity index is 2.48. The summed E-state index contributed by atoms with van der Waals surface area (Å²) in [4.78, 5) is 0. The Morgan fingerprint density at radius 3 is 2.88 bits per heavy atom. The van der Waals surface area contributed by atoms with Gasteiger partial charge in [0, 0.05) is 18.7 Å². The SMILES string of the molecule is COCc1[c]cnn1-c1ccccc1C(F)F. The van der Waals surface area contributed by atoms with Gasteiger partial charge in [0.05, 0.1) is 24.2 Å². The molecule has 1 heterocycles. The summed E-state index contributed by atoms with van der Waals surface area (Å²) in [5.41, 5.74) is 0.915. The molecular formula is C12H11F2N2O. The van der Waals surface area contributed by atoms with Gasteiger partial charge in [-0.15, -0.1) is 0 Å². The Hall–Kier alpha value is -1.75. The topological polar surface area (TPSA) is 27.1 Å². The molecule has 17 heavy (non-hydrogen) atoms. The third kappa shape index (κ3) is 2.34. The number of nitrogens with zero attached hydrogens (tertiary/aromatic N) is 2. The first-order chi connectivity index (χ1) is 8.24. The van der Waals surface area contributed by atoms with Gasteiger partial charge in [0.1, 0.15) is 0 Å². The molecule has 0 spiro atoms. The molecule has 1 radical (unpaired) electrons. The predicted molar refractivity (Wildman–Crippen MR) is 58.1 cm³/mol. The van der Waals surface area contributed by atoms with Gasteiger partial charge in [0.2, 0.25) is 0 Å². The van der Waals surface area contributed by atoms with Crippen LogP contribution in [0.3, 0.4) is 0 Å². The molecule has 0 aliphatic rings. The van der Waals surface area contributed by atoms with Gasteiger partial charge in [-0.25, -0.2) is 13.5 Å². The minimum atomic E-state index is -2.54. The first kappa shape index (κ1) is 11.7. The minimum absolute atomic E-state index is 0.0537. The molecule has 2 rings (SSSR count). The second-order valence-corrected chi connectivity index (χ2v) is 3.44. The average molecular weight is 237 g/mol. The summed E-state index contributed by atoms with van der Waals surface area (Å²) in [7, 11) is 1.53. The third-order valence-corrected chi connectivity index (χ3v) is 2.34. The zero-order valence-corrected chi connectivity index (χ0v) is 9.23. The van der Waals surface area contributed by atoms with Crippen molar-refractivity contribution in [2.45, 2.75) is 13.0 Å². The summed E-state index contributed by atoms with van der Waals surface area (Å²) in [5, 5.41) is 4.00. The third-order valence-electron chi connectivity index (χ3n) is 2.34. The van der Waals surface area contributed by atoms with Gasteiger partial charge in [-0.3, -0.25) is 0 Å². The van der Waals surface area contributed by atoms with Crippen molar-refractivity contribution >= 4 is 0 Å². The average Bonchev–Trinajstić information content (AvgIpc) is 2.77. The lowest BCUT2D eigenvalue weighted by Gasteiger charge is -2.11. The lowest BCUT2D eigenvalue weighted by Crippen LogP contribution is -2.06. The highest BCUT2D eigenvalue weighted by molar-refractivity contribution is 5.42. The Bertz CT molecular complexity index is 497. The van der Waals surface area contributed by atoms with Crippen LogP contribution in [0.2, 0.25) is 0 Å². The number of para-hydroxylation sites is 1. The monoisotopic (exact) mass is 237 g/mol. The molecule has 0 fully saturated rings. The molecule has 0 unspecified atom stereocenters. The van der Waals surface area contributed by atoms with E-state index in [4.69, 9.17) is 4.74 Å². The molecule has 0 saturated carbocycles. The highest BCUT2D eigenvalue weighted by Gasteiger charge is 2.15. The number of benzene rings is 1. The molecule has 0 aliphatic carbocycles. The fraction of sp³-hybridized carbons (Fsp3) is 0.250. The van der Waals surface area contributed by atoms with E-state index >= 15 is 0 Å². The number of methoxy groups -OCH3 is 1. The molecule has 1 aromatic carbocycles. The Labute approximate surface area is 97.6 Å². The summed E-state index contributed by atoms with van der Waals surface area (Å²) in [6.45, 7) is 0.275. The van der Waals surface area contributed by atoms with Crippen molar-refractivity contribution in [1.29, 1.82) is 0 Å². The fourth-order valence-electron chi connectivity index (χ4n) is 1.60. The standard InChI is InChI=1S/C12H11F2N2O/c1-17-8-9-6-7-15-16(9)11-5-3-2-4-10(11)12(13)14/h2-5,7,12H,8H2,1H3. The summed E-state index contributed by atoms with van der Waals surface area (Å²) in [5.74, 6) is 0. The van der Waals surface area contributed by atoms with Crippen LogP contribution in [-0.4, -0.2) is 16.9 Å². The van der Waals surface area contributed by atoms with Crippen molar-refractivity contribution in [3.63, 3.8) is 0 Å². The van der Waals surface area contributed by atoms with Gasteiger partial charge >= 0.3 is 0 Å². The lowest BCUT2D eigenvalue weighted by molar-refractivity contribution is 0.150. The predicted octanol–water partition coefficient (Wildman–Crippen LogP) is 2.76. The molecule has 89 valence electrons. The van der Waals surface area contributed by atoms with Crippen LogP contribution in [0, 0.1) is 6.07 Å². The van der Waals surface area contributed by atoms with E-state index in [1.54, 1.807) is 18.2 Å². The molecule has 2 aromatic rings. The van der Waals surface area contributed by atoms with Crippen molar-refractivity contribution in [1.82, 2.24) is 9.78 Å². The van der Waals surface area contributed by atoms with Gasteiger partial charge in [-0.1, -0.05) is 18.2 Å². The normalized spacial score (nSPS) is 11.1. The van der Waals surface area contributed by atoms with Crippen molar-refractivity contribution in [3.8, 4) is 5.69 Å². The summed E-state index contributed by atoms with van der Waals surface area (Å²) in [6, 6.07) is 9.11. The maximum absolute atomic E-state index is 12.9. The van der Waals surface area contributed by atoms with Crippen LogP contribution in [0.5, 0.6) is 0 Å². The maximum Gasteiger partial charge on any atom is 0.265 e. The van der Waals surface area contributed by atoms with Gasteiger partial charge in [0.15, 0.2) is 0 Å². The number of rotatable bonds is 4. The molecule has 5 heteroatoms. The molecule has 0 saturated heterocycles.